The normalized spacial score (nSPS) is 5.07. The van der Waals surface area contributed by atoms with Gasteiger partial charge in [-0.15, -0.1) is 49.6 Å². The van der Waals surface area contributed by atoms with Crippen molar-refractivity contribution in [1.82, 2.24) is 4.98 Å². The summed E-state index contributed by atoms with van der Waals surface area (Å²) in [5, 5.41) is 0. The number of hydrogen-bond donors (Lipinski definition) is 1. The number of nitrogens with one attached hydrogen (secondary N) is 1. The number of hydrogen-bond acceptors (Lipinski definition) is 2. The van der Waals surface area contributed by atoms with Gasteiger partial charge in [0.15, 0.2) is 0 Å². The van der Waals surface area contributed by atoms with Crippen LogP contribution in [0.15, 0.2) is 43.2 Å². The number of aromatic nitrogens is 1. The molecular formula is C8H15Cl4N2Ti. The minimum atomic E-state index is -0.361. The number of rotatable bonds is 2. The third kappa shape index (κ3) is 31.3. The van der Waals surface area contributed by atoms with Crippen LogP contribution in [-0.2, 0) is 19.0 Å². The standard InChI is InChI=1S/C5H5N.C3H5.4ClH.HN.Ti/c1-2-4-6-5-3-1;1-3-2;;;;;;/h1-5H;3H,1-2H2;5*1H;. The summed E-state index contributed by atoms with van der Waals surface area (Å²) in [6.45, 7) is 3.46. The monoisotopic (exact) mass is 327 g/mol. The van der Waals surface area contributed by atoms with Crippen LogP contribution in [0.1, 0.15) is 0 Å². The Morgan fingerprint density at radius 2 is 1.53 bits per heavy atom. The molecule has 0 amide bonds. The smallest absolute Gasteiger partial charge is 0.0267 e. The van der Waals surface area contributed by atoms with Gasteiger partial charge in [-0.1, -0.05) is 6.07 Å². The van der Waals surface area contributed by atoms with E-state index in [4.69, 9.17) is 3.83 Å². The van der Waals surface area contributed by atoms with Crippen LogP contribution in [0.3, 0.4) is 0 Å². The van der Waals surface area contributed by atoms with E-state index in [-0.39, 0.29) is 68.6 Å². The molecule has 0 unspecified atom stereocenters. The molecule has 15 heavy (non-hydrogen) atoms. The van der Waals surface area contributed by atoms with Gasteiger partial charge in [-0.05, 0) is 12.1 Å². The van der Waals surface area contributed by atoms with E-state index >= 15 is 0 Å². The maximum absolute atomic E-state index is 6.66. The molecule has 1 rings (SSSR count). The zero-order valence-electron chi connectivity index (χ0n) is 7.96. The van der Waals surface area contributed by atoms with Crippen molar-refractivity contribution in [3.8, 4) is 0 Å². The molecule has 0 saturated carbocycles. The van der Waals surface area contributed by atoms with Crippen LogP contribution in [0.5, 0.6) is 0 Å². The molecule has 0 saturated heterocycles. The molecule has 0 aliphatic carbocycles. The van der Waals surface area contributed by atoms with Crippen LogP contribution in [0.2, 0.25) is 4.73 Å². The SMILES string of the molecule is C=C[CH2][Ti]=[NH].Cl.Cl.Cl.Cl.c1ccncc1. The van der Waals surface area contributed by atoms with Crippen molar-refractivity contribution in [2.24, 2.45) is 0 Å². The predicted molar refractivity (Wildman–Crippen MR) is 71.0 cm³/mol. The van der Waals surface area contributed by atoms with Crippen LogP contribution in [-0.4, -0.2) is 4.98 Å². The third-order valence-corrected chi connectivity index (χ3v) is 1.58. The Morgan fingerprint density at radius 1 is 1.07 bits per heavy atom. The summed E-state index contributed by atoms with van der Waals surface area (Å²) in [6, 6.07) is 5.72. The number of pyridine rings is 1. The Bertz CT molecular complexity index is 166. The minimum absolute atomic E-state index is 0. The van der Waals surface area contributed by atoms with E-state index in [0.717, 1.165) is 4.73 Å². The zero-order valence-corrected chi connectivity index (χ0v) is 12.8. The minimum Gasteiger partial charge on any atom is -0.265 e. The largest absolute Gasteiger partial charge is 0.265 e. The van der Waals surface area contributed by atoms with E-state index < -0.39 is 0 Å². The van der Waals surface area contributed by atoms with Gasteiger partial charge < -0.3 is 0 Å². The summed E-state index contributed by atoms with van der Waals surface area (Å²) in [5.41, 5.74) is 0. The molecule has 1 N–H and O–H groups in total. The topological polar surface area (TPSA) is 36.7 Å². The molecular weight excluding hydrogens is 314 g/mol. The van der Waals surface area contributed by atoms with E-state index in [9.17, 15) is 0 Å². The first-order valence-corrected chi connectivity index (χ1v) is 5.15. The van der Waals surface area contributed by atoms with Crippen LogP contribution in [0, 0.1) is 3.83 Å². The first-order chi connectivity index (χ1) is 5.41. The first-order valence-electron chi connectivity index (χ1n) is 3.27. The molecule has 89 valence electrons. The van der Waals surface area contributed by atoms with Gasteiger partial charge in [-0.25, -0.2) is 0 Å². The Balaban J connectivity index is -0.0000000356. The first kappa shape index (κ1) is 29.6. The molecule has 7 heteroatoms. The summed E-state index contributed by atoms with van der Waals surface area (Å²) in [6.07, 6.45) is 5.30. The van der Waals surface area contributed by atoms with Gasteiger partial charge >= 0.3 is 40.2 Å². The Labute approximate surface area is 125 Å². The average molecular weight is 329 g/mol. The fourth-order valence-electron chi connectivity index (χ4n) is 0.385. The molecule has 0 aromatic carbocycles. The van der Waals surface area contributed by atoms with Gasteiger partial charge in [0, 0.05) is 12.4 Å². The summed E-state index contributed by atoms with van der Waals surface area (Å²) < 4.78 is 7.60. The Morgan fingerprint density at radius 3 is 1.60 bits per heavy atom. The van der Waals surface area contributed by atoms with Gasteiger partial charge in [0.05, 0.1) is 0 Å². The van der Waals surface area contributed by atoms with E-state index in [1.807, 2.05) is 18.2 Å². The fourth-order valence-corrected chi connectivity index (χ4v) is 0.610. The number of nitrogens with zero attached hydrogens (tertiary/aromatic N) is 1. The molecule has 1 aromatic heterocycles. The van der Waals surface area contributed by atoms with E-state index in [1.54, 1.807) is 18.5 Å². The second-order valence-electron chi connectivity index (χ2n) is 1.69. The molecule has 0 fully saturated rings. The van der Waals surface area contributed by atoms with Crippen molar-refractivity contribution >= 4 is 49.6 Å². The van der Waals surface area contributed by atoms with Crippen LogP contribution in [0.25, 0.3) is 0 Å². The fraction of sp³-hybridized carbons (Fsp3) is 0.125. The van der Waals surface area contributed by atoms with Gasteiger partial charge in [0.1, 0.15) is 0 Å². The van der Waals surface area contributed by atoms with Crippen molar-refractivity contribution in [2.45, 2.75) is 4.73 Å². The van der Waals surface area contributed by atoms with Gasteiger partial charge in [-0.2, -0.15) is 0 Å². The maximum atomic E-state index is 6.66. The zero-order chi connectivity index (χ0) is 8.36. The Hall–Kier alpha value is 0.564. The third-order valence-electron chi connectivity index (χ3n) is 0.813. The van der Waals surface area contributed by atoms with E-state index in [2.05, 4.69) is 11.6 Å². The average Bonchev–Trinajstić information content (AvgIpc) is 2.10. The van der Waals surface area contributed by atoms with Crippen LogP contribution >= 0.6 is 49.6 Å². The maximum Gasteiger partial charge on any atom is 0.0267 e. The molecule has 2 nitrogen and oxygen atoms in total. The van der Waals surface area contributed by atoms with Crippen LogP contribution in [0.4, 0.5) is 0 Å². The Kier molecular flexibility index (Phi) is 57.8. The van der Waals surface area contributed by atoms with E-state index in [1.165, 1.54) is 0 Å². The molecule has 0 atom stereocenters. The number of allylic oxidation sites excluding steroid dienone is 1. The second kappa shape index (κ2) is 29.3. The van der Waals surface area contributed by atoms with Crippen molar-refractivity contribution in [2.75, 3.05) is 0 Å². The summed E-state index contributed by atoms with van der Waals surface area (Å²) in [4.78, 5) is 3.78. The van der Waals surface area contributed by atoms with Gasteiger partial charge in [-0.3, -0.25) is 4.98 Å². The summed E-state index contributed by atoms with van der Waals surface area (Å²) >= 11 is -0.361. The quantitative estimate of drug-likeness (QED) is 0.641. The van der Waals surface area contributed by atoms with Gasteiger partial charge in [0.2, 0.25) is 0 Å². The number of halogens is 4. The second-order valence-corrected chi connectivity index (χ2v) is 2.88. The van der Waals surface area contributed by atoms with Crippen molar-refractivity contribution in [3.05, 3.63) is 43.2 Å². The van der Waals surface area contributed by atoms with Gasteiger partial charge in [0.25, 0.3) is 0 Å². The predicted octanol–water partition coefficient (Wildman–Crippen LogP) is 4.20. The molecule has 0 radical (unpaired) electrons. The molecule has 0 aliphatic rings. The summed E-state index contributed by atoms with van der Waals surface area (Å²) in [5.74, 6) is 0. The summed E-state index contributed by atoms with van der Waals surface area (Å²) in [7, 11) is 0. The van der Waals surface area contributed by atoms with E-state index in [0.29, 0.717) is 0 Å². The van der Waals surface area contributed by atoms with Crippen molar-refractivity contribution in [3.63, 3.8) is 0 Å². The molecule has 0 spiro atoms. The van der Waals surface area contributed by atoms with Crippen molar-refractivity contribution in [1.29, 1.82) is 3.83 Å². The van der Waals surface area contributed by atoms with Crippen LogP contribution < -0.4 is 0 Å². The van der Waals surface area contributed by atoms with Crippen molar-refractivity contribution < 1.29 is 19.0 Å². The molecule has 0 bridgehead atoms. The molecule has 1 heterocycles. The molecule has 1 aromatic rings. The molecule has 0 aliphatic heterocycles.